The molecule has 39 heavy (non-hydrogen) atoms. The highest BCUT2D eigenvalue weighted by Crippen LogP contribution is 2.37. The minimum Gasteiger partial charge on any atom is -0.480 e. The molecule has 0 spiro atoms. The van der Waals surface area contributed by atoms with Crippen LogP contribution in [-0.4, -0.2) is 35.0 Å². The van der Waals surface area contributed by atoms with Gasteiger partial charge in [0.05, 0.1) is 0 Å². The number of aryl methyl sites for hydroxylation is 3. The lowest BCUT2D eigenvalue weighted by atomic mass is 9.91. The average Bonchev–Trinajstić information content (AvgIpc) is 3.32. The number of thioether (sulfide) groups is 1. The topological polar surface area (TPSA) is 66.4 Å². The van der Waals surface area contributed by atoms with Crippen LogP contribution >= 0.6 is 11.8 Å². The van der Waals surface area contributed by atoms with E-state index in [4.69, 9.17) is 0 Å². The third kappa shape index (κ3) is 5.94. The van der Waals surface area contributed by atoms with Gasteiger partial charge in [0, 0.05) is 5.56 Å². The lowest BCUT2D eigenvalue weighted by molar-refractivity contribution is -0.139. The smallest absolute Gasteiger partial charge is 0.326 e. The van der Waals surface area contributed by atoms with Crippen LogP contribution in [-0.2, 0) is 24.1 Å². The van der Waals surface area contributed by atoms with Gasteiger partial charge in [-0.3, -0.25) is 4.79 Å². The third-order valence-corrected chi connectivity index (χ3v) is 8.18. The van der Waals surface area contributed by atoms with Gasteiger partial charge >= 0.3 is 5.97 Å². The van der Waals surface area contributed by atoms with Crippen molar-refractivity contribution in [2.24, 2.45) is 0 Å². The molecule has 0 saturated carbocycles. The van der Waals surface area contributed by atoms with Crippen molar-refractivity contribution in [3.05, 3.63) is 118 Å². The van der Waals surface area contributed by atoms with Crippen LogP contribution in [0, 0.1) is 6.92 Å². The van der Waals surface area contributed by atoms with Crippen LogP contribution in [0.15, 0.2) is 84.9 Å². The first-order chi connectivity index (χ1) is 18.9. The number of hydrogen-bond donors (Lipinski definition) is 2. The molecule has 2 N–H and O–H groups in total. The van der Waals surface area contributed by atoms with Gasteiger partial charge in [-0.2, -0.15) is 11.8 Å². The Morgan fingerprint density at radius 2 is 1.49 bits per heavy atom. The summed E-state index contributed by atoms with van der Waals surface area (Å²) in [5, 5.41) is 12.4. The number of carbonyl (C=O) groups excluding carboxylic acids is 1. The Bertz CT molecular complexity index is 1530. The van der Waals surface area contributed by atoms with Gasteiger partial charge in [-0.05, 0) is 101 Å². The number of aliphatic carboxylic acids is 1. The largest absolute Gasteiger partial charge is 0.480 e. The minimum atomic E-state index is -1.01. The molecule has 5 heteroatoms. The lowest BCUT2D eigenvalue weighted by Gasteiger charge is -2.18. The zero-order chi connectivity index (χ0) is 27.4. The monoisotopic (exact) mass is 535 g/mol. The summed E-state index contributed by atoms with van der Waals surface area (Å²) in [4.78, 5) is 25.1. The molecule has 1 atom stereocenters. The molecule has 5 rings (SSSR count). The van der Waals surface area contributed by atoms with Crippen LogP contribution in [0.4, 0.5) is 0 Å². The van der Waals surface area contributed by atoms with E-state index in [0.29, 0.717) is 17.7 Å². The molecule has 1 aliphatic rings. The normalized spacial score (nSPS) is 12.5. The number of carboxylic acids is 1. The summed E-state index contributed by atoms with van der Waals surface area (Å²) in [7, 11) is 0. The van der Waals surface area contributed by atoms with Crippen molar-refractivity contribution in [3.63, 3.8) is 0 Å². The molecule has 0 fully saturated rings. The maximum Gasteiger partial charge on any atom is 0.326 e. The van der Waals surface area contributed by atoms with Crippen molar-refractivity contribution in [2.45, 2.75) is 38.6 Å². The number of benzene rings is 4. The van der Waals surface area contributed by atoms with Gasteiger partial charge in [0.15, 0.2) is 0 Å². The second kappa shape index (κ2) is 11.9. The summed E-state index contributed by atoms with van der Waals surface area (Å²) in [6, 6.07) is 28.5. The van der Waals surface area contributed by atoms with Crippen LogP contribution in [0.3, 0.4) is 0 Å². The second-order valence-electron chi connectivity index (χ2n) is 10.2. The predicted octanol–water partition coefficient (Wildman–Crippen LogP) is 6.95. The number of fused-ring (bicyclic) bond motifs is 3. The number of carboxylic acid groups (broad SMARTS) is 1. The molecule has 1 amide bonds. The van der Waals surface area contributed by atoms with Crippen LogP contribution in [0.5, 0.6) is 0 Å². The standard InChI is InChI=1S/C34H33NO3S/c1-22-7-3-5-9-27(22)31-20-24(14-16-30(31)33(36)35-32(34(37)38)17-18-39-2)12-11-23-13-15-29-26(19-23)21-25-8-4-6-10-28(25)29/h3-10,13-16,19-20,32H,11-12,17-18,21H2,1-2H3,(H,35,36)(H,37,38)/t32-/m0/s1. The zero-order valence-corrected chi connectivity index (χ0v) is 23.2. The van der Waals surface area contributed by atoms with Crippen molar-refractivity contribution in [1.82, 2.24) is 5.32 Å². The summed E-state index contributed by atoms with van der Waals surface area (Å²) in [5.41, 5.74) is 11.3. The maximum absolute atomic E-state index is 13.3. The van der Waals surface area contributed by atoms with Crippen LogP contribution in [0.2, 0.25) is 0 Å². The highest BCUT2D eigenvalue weighted by Gasteiger charge is 2.23. The quantitative estimate of drug-likeness (QED) is 0.203. The molecule has 0 bridgehead atoms. The number of nitrogens with one attached hydrogen (secondary N) is 1. The Morgan fingerprint density at radius 1 is 0.821 bits per heavy atom. The second-order valence-corrected chi connectivity index (χ2v) is 11.2. The Balaban J connectivity index is 1.39. The molecule has 0 heterocycles. The van der Waals surface area contributed by atoms with E-state index in [9.17, 15) is 14.7 Å². The van der Waals surface area contributed by atoms with Gasteiger partial charge in [0.25, 0.3) is 5.91 Å². The van der Waals surface area contributed by atoms with Crippen LogP contribution in [0.25, 0.3) is 22.3 Å². The first-order valence-electron chi connectivity index (χ1n) is 13.4. The first-order valence-corrected chi connectivity index (χ1v) is 14.8. The van der Waals surface area contributed by atoms with Gasteiger partial charge in [0.1, 0.15) is 6.04 Å². The fourth-order valence-corrected chi connectivity index (χ4v) is 5.89. The van der Waals surface area contributed by atoms with E-state index >= 15 is 0 Å². The number of carbonyl (C=O) groups is 2. The fraction of sp³-hybridized carbons (Fsp3) is 0.235. The van der Waals surface area contributed by atoms with Gasteiger partial charge in [-0.25, -0.2) is 4.79 Å². The Morgan fingerprint density at radius 3 is 2.23 bits per heavy atom. The van der Waals surface area contributed by atoms with Crippen molar-refractivity contribution >= 4 is 23.6 Å². The van der Waals surface area contributed by atoms with Crippen molar-refractivity contribution in [3.8, 4) is 22.3 Å². The molecule has 1 aliphatic carbocycles. The SMILES string of the molecule is CSCC[C@H](NC(=O)c1ccc(CCc2ccc3c(c2)Cc2ccccc2-3)cc1-c1ccccc1C)C(=O)O. The molecule has 198 valence electrons. The first kappa shape index (κ1) is 26.8. The zero-order valence-electron chi connectivity index (χ0n) is 22.4. The van der Waals surface area contributed by atoms with Crippen molar-refractivity contribution in [1.29, 1.82) is 0 Å². The Kier molecular flexibility index (Phi) is 8.18. The molecule has 0 aromatic heterocycles. The fourth-order valence-electron chi connectivity index (χ4n) is 5.41. The predicted molar refractivity (Wildman–Crippen MR) is 161 cm³/mol. The van der Waals surface area contributed by atoms with E-state index in [1.54, 1.807) is 11.8 Å². The number of rotatable bonds is 10. The summed E-state index contributed by atoms with van der Waals surface area (Å²) < 4.78 is 0. The van der Waals surface area contributed by atoms with E-state index < -0.39 is 12.0 Å². The maximum atomic E-state index is 13.3. The van der Waals surface area contributed by atoms with Gasteiger partial charge in [-0.15, -0.1) is 0 Å². The minimum absolute atomic E-state index is 0.355. The van der Waals surface area contributed by atoms with Gasteiger partial charge < -0.3 is 10.4 Å². The molecule has 0 radical (unpaired) electrons. The van der Waals surface area contributed by atoms with Crippen molar-refractivity contribution in [2.75, 3.05) is 12.0 Å². The molecule has 4 aromatic carbocycles. The van der Waals surface area contributed by atoms with E-state index in [1.165, 1.54) is 27.8 Å². The summed E-state index contributed by atoms with van der Waals surface area (Å²) >= 11 is 1.57. The Hall–Kier alpha value is -3.83. The Labute approximate surface area is 234 Å². The molecular weight excluding hydrogens is 502 g/mol. The van der Waals surface area contributed by atoms with Gasteiger partial charge in [-0.1, -0.05) is 78.9 Å². The summed E-state index contributed by atoms with van der Waals surface area (Å²) in [5.74, 6) is -0.703. The molecule has 0 aliphatic heterocycles. The van der Waals surface area contributed by atoms with E-state index in [0.717, 1.165) is 41.5 Å². The van der Waals surface area contributed by atoms with E-state index in [-0.39, 0.29) is 5.91 Å². The average molecular weight is 536 g/mol. The molecule has 4 aromatic rings. The van der Waals surface area contributed by atoms with E-state index in [1.807, 2.05) is 49.6 Å². The molecule has 0 saturated heterocycles. The van der Waals surface area contributed by atoms with Gasteiger partial charge in [0.2, 0.25) is 0 Å². The highest BCUT2D eigenvalue weighted by atomic mass is 32.2. The molecule has 4 nitrogen and oxygen atoms in total. The summed E-state index contributed by atoms with van der Waals surface area (Å²) in [6.45, 7) is 2.03. The summed E-state index contributed by atoms with van der Waals surface area (Å²) in [6.07, 6.45) is 5.04. The molecule has 0 unspecified atom stereocenters. The number of amides is 1. The molecular formula is C34H33NO3S. The van der Waals surface area contributed by atoms with Crippen LogP contribution < -0.4 is 5.32 Å². The third-order valence-electron chi connectivity index (χ3n) is 7.54. The highest BCUT2D eigenvalue weighted by molar-refractivity contribution is 7.98. The van der Waals surface area contributed by atoms with Crippen molar-refractivity contribution < 1.29 is 14.7 Å². The number of hydrogen-bond acceptors (Lipinski definition) is 3. The van der Waals surface area contributed by atoms with E-state index in [2.05, 4.69) is 53.8 Å². The van der Waals surface area contributed by atoms with Crippen LogP contribution in [0.1, 0.15) is 44.6 Å². The lowest BCUT2D eigenvalue weighted by Crippen LogP contribution is -2.41.